The number of nitrogens with two attached hydrogens (primary N) is 1. The van der Waals surface area contributed by atoms with Crippen LogP contribution in [0, 0.1) is 12.8 Å². The topological polar surface area (TPSA) is 66.5 Å². The summed E-state index contributed by atoms with van der Waals surface area (Å²) in [5, 5.41) is 0. The average Bonchev–Trinajstić information content (AvgIpc) is 3.06. The second-order valence-corrected chi connectivity index (χ2v) is 9.08. The van der Waals surface area contributed by atoms with Gasteiger partial charge < -0.3 is 19.8 Å². The van der Waals surface area contributed by atoms with E-state index in [9.17, 15) is 4.79 Å². The lowest BCUT2D eigenvalue weighted by Crippen LogP contribution is -2.18. The van der Waals surface area contributed by atoms with Crippen LogP contribution in [-0.4, -0.2) is 23.7 Å². The number of hydrogen-bond donors (Lipinski definition) is 1. The van der Waals surface area contributed by atoms with E-state index in [1.165, 1.54) is 50.6 Å². The monoisotopic (exact) mass is 424 g/mol. The molecule has 1 aromatic heterocycles. The Bertz CT molecular complexity index is 925. The molecule has 1 aliphatic carbocycles. The molecule has 1 amide bonds. The molecular formula is C26H36N2O3. The van der Waals surface area contributed by atoms with E-state index < -0.39 is 0 Å². The highest BCUT2D eigenvalue weighted by Crippen LogP contribution is 2.40. The third-order valence-corrected chi connectivity index (χ3v) is 6.89. The minimum absolute atomic E-state index is 0.346. The third-order valence-electron chi connectivity index (χ3n) is 6.89. The van der Waals surface area contributed by atoms with E-state index in [1.807, 2.05) is 18.2 Å². The Labute approximate surface area is 185 Å². The number of carbonyl (C=O) groups excluding carboxylic acids is 1. The molecule has 2 aliphatic rings. The Morgan fingerprint density at radius 1 is 1.10 bits per heavy atom. The van der Waals surface area contributed by atoms with Crippen molar-refractivity contribution in [3.05, 3.63) is 35.2 Å². The van der Waals surface area contributed by atoms with Gasteiger partial charge >= 0.3 is 0 Å². The van der Waals surface area contributed by atoms with E-state index in [1.54, 1.807) is 0 Å². The van der Waals surface area contributed by atoms with Crippen molar-refractivity contribution in [1.29, 1.82) is 0 Å². The minimum atomic E-state index is -0.346. The number of primary amides is 1. The number of carbonyl (C=O) groups is 1. The van der Waals surface area contributed by atoms with Gasteiger partial charge in [-0.05, 0) is 56.2 Å². The molecule has 0 spiro atoms. The summed E-state index contributed by atoms with van der Waals surface area (Å²) >= 11 is 0. The predicted molar refractivity (Wildman–Crippen MR) is 124 cm³/mol. The van der Waals surface area contributed by atoms with Crippen molar-refractivity contribution < 1.29 is 14.3 Å². The lowest BCUT2D eigenvalue weighted by Gasteiger charge is -2.24. The van der Waals surface area contributed by atoms with Crippen LogP contribution in [0.2, 0.25) is 0 Å². The molecule has 0 bridgehead atoms. The van der Waals surface area contributed by atoms with Crippen LogP contribution < -0.4 is 15.2 Å². The van der Waals surface area contributed by atoms with E-state index in [4.69, 9.17) is 15.2 Å². The van der Waals surface area contributed by atoms with Gasteiger partial charge in [-0.25, -0.2) is 0 Å². The first-order chi connectivity index (χ1) is 15.1. The number of nitrogens with zero attached hydrogens (tertiary/aromatic N) is 1. The van der Waals surface area contributed by atoms with Gasteiger partial charge in [0.1, 0.15) is 13.2 Å². The summed E-state index contributed by atoms with van der Waals surface area (Å²) in [4.78, 5) is 12.6. The van der Waals surface area contributed by atoms with Crippen molar-refractivity contribution in [3.8, 4) is 22.6 Å². The van der Waals surface area contributed by atoms with Gasteiger partial charge in [0.2, 0.25) is 0 Å². The van der Waals surface area contributed by atoms with Gasteiger partial charge in [0, 0.05) is 23.5 Å². The van der Waals surface area contributed by atoms with Crippen molar-refractivity contribution in [2.75, 3.05) is 13.2 Å². The number of fused-ring (bicyclic) bond motifs is 1. The zero-order valence-electron chi connectivity index (χ0n) is 19.0. The van der Waals surface area contributed by atoms with Gasteiger partial charge in [-0.15, -0.1) is 0 Å². The maximum absolute atomic E-state index is 12.6. The van der Waals surface area contributed by atoms with Crippen LogP contribution in [0.1, 0.15) is 80.0 Å². The van der Waals surface area contributed by atoms with Crippen LogP contribution in [0.5, 0.6) is 11.5 Å². The second-order valence-electron chi connectivity index (χ2n) is 9.08. The first-order valence-electron chi connectivity index (χ1n) is 12.0. The number of benzene rings is 1. The molecule has 2 aromatic rings. The third kappa shape index (κ3) is 4.60. The fraction of sp³-hybridized carbons (Fsp3) is 0.577. The summed E-state index contributed by atoms with van der Waals surface area (Å²) in [5.41, 5.74) is 10.9. The Hall–Kier alpha value is -2.43. The molecule has 0 saturated heterocycles. The molecule has 2 N–H and O–H groups in total. The molecule has 4 rings (SSSR count). The Kier molecular flexibility index (Phi) is 6.89. The summed E-state index contributed by atoms with van der Waals surface area (Å²) in [6, 6.07) is 6.02. The smallest absolute Gasteiger partial charge is 0.251 e. The second kappa shape index (κ2) is 9.80. The molecule has 5 heteroatoms. The van der Waals surface area contributed by atoms with Crippen molar-refractivity contribution in [1.82, 2.24) is 4.57 Å². The van der Waals surface area contributed by atoms with Crippen molar-refractivity contribution in [3.63, 3.8) is 0 Å². The summed E-state index contributed by atoms with van der Waals surface area (Å²) < 4.78 is 14.0. The Balaban J connectivity index is 1.81. The highest BCUT2D eigenvalue weighted by molar-refractivity contribution is 6.02. The molecule has 1 aliphatic heterocycles. The molecule has 168 valence electrons. The van der Waals surface area contributed by atoms with Gasteiger partial charge in [-0.2, -0.15) is 0 Å². The number of rotatable bonds is 8. The van der Waals surface area contributed by atoms with Crippen LogP contribution in [0.3, 0.4) is 0 Å². The zero-order valence-corrected chi connectivity index (χ0v) is 19.0. The lowest BCUT2D eigenvalue weighted by molar-refractivity contribution is 0.1000. The molecule has 0 atom stereocenters. The fourth-order valence-corrected chi connectivity index (χ4v) is 5.29. The maximum atomic E-state index is 12.6. The van der Waals surface area contributed by atoms with Crippen molar-refractivity contribution in [2.24, 2.45) is 11.7 Å². The normalized spacial score (nSPS) is 16.5. The van der Waals surface area contributed by atoms with Crippen molar-refractivity contribution in [2.45, 2.75) is 78.2 Å². The molecule has 0 unspecified atom stereocenters. The van der Waals surface area contributed by atoms with E-state index in [2.05, 4.69) is 18.4 Å². The summed E-state index contributed by atoms with van der Waals surface area (Å²) in [6.45, 7) is 6.39. The van der Waals surface area contributed by atoms with Gasteiger partial charge in [0.15, 0.2) is 11.5 Å². The van der Waals surface area contributed by atoms with Gasteiger partial charge in [-0.3, -0.25) is 4.79 Å². The largest absolute Gasteiger partial charge is 0.486 e. The molecule has 1 aromatic carbocycles. The summed E-state index contributed by atoms with van der Waals surface area (Å²) in [7, 11) is 0. The highest BCUT2D eigenvalue weighted by atomic mass is 16.6. The first kappa shape index (κ1) is 21.8. The number of unbranched alkanes of at least 4 members (excludes halogenated alkanes) is 2. The van der Waals surface area contributed by atoms with E-state index in [0.717, 1.165) is 47.7 Å². The number of aromatic nitrogens is 1. The van der Waals surface area contributed by atoms with E-state index in [0.29, 0.717) is 24.7 Å². The van der Waals surface area contributed by atoms with E-state index in [-0.39, 0.29) is 5.91 Å². The lowest BCUT2D eigenvalue weighted by atomic mass is 9.89. The molecule has 0 radical (unpaired) electrons. The van der Waals surface area contributed by atoms with Crippen LogP contribution in [-0.2, 0) is 13.0 Å². The molecule has 1 fully saturated rings. The molecule has 5 nitrogen and oxygen atoms in total. The molecular weight excluding hydrogens is 388 g/mol. The highest BCUT2D eigenvalue weighted by Gasteiger charge is 2.27. The minimum Gasteiger partial charge on any atom is -0.486 e. The van der Waals surface area contributed by atoms with Gasteiger partial charge in [0.05, 0.1) is 5.56 Å². The Morgan fingerprint density at radius 3 is 2.55 bits per heavy atom. The number of hydrogen-bond acceptors (Lipinski definition) is 3. The SMILES string of the molecule is CCCCCc1c(-c2ccc3c(c2)OCCO3)c(C(N)=O)c(C)n1CC1CCCCC1. The first-order valence-corrected chi connectivity index (χ1v) is 12.0. The van der Waals surface area contributed by atoms with Crippen molar-refractivity contribution >= 4 is 5.91 Å². The van der Waals surface area contributed by atoms with Gasteiger partial charge in [0.25, 0.3) is 5.91 Å². The van der Waals surface area contributed by atoms with Crippen LogP contribution in [0.25, 0.3) is 11.1 Å². The number of ether oxygens (including phenoxy) is 2. The average molecular weight is 425 g/mol. The molecule has 2 heterocycles. The van der Waals surface area contributed by atoms with E-state index >= 15 is 0 Å². The molecule has 1 saturated carbocycles. The van der Waals surface area contributed by atoms with Crippen LogP contribution >= 0.6 is 0 Å². The number of amides is 1. The summed E-state index contributed by atoms with van der Waals surface area (Å²) in [5.74, 6) is 1.85. The standard InChI is InChI=1S/C26H36N2O3/c1-3-4-6-11-21-25(20-12-13-22-23(16-20)31-15-14-30-22)24(26(27)29)18(2)28(21)17-19-9-7-5-8-10-19/h12-13,16,19H,3-11,14-15,17H2,1-2H3,(H2,27,29). The molecule has 31 heavy (non-hydrogen) atoms. The quantitative estimate of drug-likeness (QED) is 0.557. The Morgan fingerprint density at radius 2 is 1.84 bits per heavy atom. The van der Waals surface area contributed by atoms with Crippen LogP contribution in [0.15, 0.2) is 18.2 Å². The summed E-state index contributed by atoms with van der Waals surface area (Å²) in [6.07, 6.45) is 10.9. The van der Waals surface area contributed by atoms with Gasteiger partial charge in [-0.1, -0.05) is 45.1 Å². The maximum Gasteiger partial charge on any atom is 0.251 e. The zero-order chi connectivity index (χ0) is 21.8. The van der Waals surface area contributed by atoms with Crippen LogP contribution in [0.4, 0.5) is 0 Å². The predicted octanol–water partition coefficient (Wildman–Crippen LogP) is 5.65. The fourth-order valence-electron chi connectivity index (χ4n) is 5.29.